The standard InChI is InChI=1S/C25H17ClN2O4/c1-2-12-31-17-7-5-6-15(13-17)22-21-23(29)18-8-3-4-9-19(18)32-24(21)25(30)28(22)20-11-10-16(26)14-27-20/h2-11,13-14,22H,1,12H2/t22-/m1/s1. The first-order chi connectivity index (χ1) is 15.6. The van der Waals surface area contributed by atoms with Gasteiger partial charge in [0.15, 0.2) is 5.43 Å². The Morgan fingerprint density at radius 3 is 2.75 bits per heavy atom. The van der Waals surface area contributed by atoms with Crippen LogP contribution in [0.2, 0.25) is 5.02 Å². The lowest BCUT2D eigenvalue weighted by molar-refractivity contribution is 0.0970. The topological polar surface area (TPSA) is 72.6 Å². The maximum atomic E-state index is 13.5. The number of pyridine rings is 1. The predicted octanol–water partition coefficient (Wildman–Crippen LogP) is 5.16. The van der Waals surface area contributed by atoms with Crippen molar-refractivity contribution in [2.24, 2.45) is 0 Å². The lowest BCUT2D eigenvalue weighted by Crippen LogP contribution is -2.30. The van der Waals surface area contributed by atoms with Crippen molar-refractivity contribution in [3.8, 4) is 5.75 Å². The third-order valence-corrected chi connectivity index (χ3v) is 5.50. The summed E-state index contributed by atoms with van der Waals surface area (Å²) in [5.41, 5.74) is 1.07. The molecular formula is C25H17ClN2O4. The highest BCUT2D eigenvalue weighted by atomic mass is 35.5. The first kappa shape index (κ1) is 20.0. The van der Waals surface area contributed by atoms with Crippen molar-refractivity contribution in [2.75, 3.05) is 11.5 Å². The Labute approximate surface area is 188 Å². The fourth-order valence-electron chi connectivity index (χ4n) is 3.91. The van der Waals surface area contributed by atoms with Gasteiger partial charge in [0.05, 0.1) is 22.0 Å². The second-order valence-corrected chi connectivity index (χ2v) is 7.69. The first-order valence-electron chi connectivity index (χ1n) is 9.93. The lowest BCUT2D eigenvalue weighted by Gasteiger charge is -2.24. The molecule has 0 saturated carbocycles. The molecule has 0 spiro atoms. The minimum absolute atomic E-state index is 0.00728. The van der Waals surface area contributed by atoms with E-state index in [1.54, 1.807) is 54.6 Å². The monoisotopic (exact) mass is 444 g/mol. The smallest absolute Gasteiger partial charge is 0.296 e. The number of para-hydroxylation sites is 1. The maximum Gasteiger partial charge on any atom is 0.296 e. The van der Waals surface area contributed by atoms with Gasteiger partial charge in [-0.1, -0.05) is 48.5 Å². The number of anilines is 1. The van der Waals surface area contributed by atoms with Crippen LogP contribution in [0.15, 0.2) is 88.7 Å². The van der Waals surface area contributed by atoms with Gasteiger partial charge in [0.2, 0.25) is 5.76 Å². The molecule has 0 saturated heterocycles. The molecular weight excluding hydrogens is 428 g/mol. The normalized spacial score (nSPS) is 15.1. The van der Waals surface area contributed by atoms with Crippen molar-refractivity contribution in [1.29, 1.82) is 0 Å². The van der Waals surface area contributed by atoms with Crippen molar-refractivity contribution in [2.45, 2.75) is 6.04 Å². The summed E-state index contributed by atoms with van der Waals surface area (Å²) in [5, 5.41) is 0.850. The first-order valence-corrected chi connectivity index (χ1v) is 10.3. The van der Waals surface area contributed by atoms with Gasteiger partial charge >= 0.3 is 0 Å². The summed E-state index contributed by atoms with van der Waals surface area (Å²) in [6, 6.07) is 16.7. The number of carbonyl (C=O) groups is 1. The summed E-state index contributed by atoms with van der Waals surface area (Å²) < 4.78 is 11.6. The fourth-order valence-corrected chi connectivity index (χ4v) is 4.02. The molecule has 4 aromatic rings. The molecule has 0 unspecified atom stereocenters. The van der Waals surface area contributed by atoms with Crippen LogP contribution < -0.4 is 15.1 Å². The Hall–Kier alpha value is -3.90. The number of halogens is 1. The summed E-state index contributed by atoms with van der Waals surface area (Å²) in [6.45, 7) is 4.00. The van der Waals surface area contributed by atoms with Crippen molar-refractivity contribution < 1.29 is 13.9 Å². The highest BCUT2D eigenvalue weighted by Crippen LogP contribution is 2.41. The molecule has 7 heteroatoms. The Bertz CT molecular complexity index is 1410. The van der Waals surface area contributed by atoms with E-state index in [1.165, 1.54) is 11.1 Å². The Kier molecular flexibility index (Phi) is 4.99. The van der Waals surface area contributed by atoms with E-state index in [2.05, 4.69) is 11.6 Å². The molecule has 32 heavy (non-hydrogen) atoms. The molecule has 2 aromatic carbocycles. The summed E-state index contributed by atoms with van der Waals surface area (Å²) in [7, 11) is 0. The molecule has 2 aromatic heterocycles. The Morgan fingerprint density at radius 2 is 1.97 bits per heavy atom. The molecule has 158 valence electrons. The molecule has 0 N–H and O–H groups in total. The van der Waals surface area contributed by atoms with Crippen molar-refractivity contribution in [3.05, 3.63) is 112 Å². The molecule has 0 fully saturated rings. The SMILES string of the molecule is C=CCOc1cccc([C@@H]2c3c(oc4ccccc4c3=O)C(=O)N2c2ccc(Cl)cn2)c1. The molecule has 6 nitrogen and oxygen atoms in total. The van der Waals surface area contributed by atoms with E-state index < -0.39 is 11.9 Å². The predicted molar refractivity (Wildman–Crippen MR) is 123 cm³/mol. The number of amides is 1. The highest BCUT2D eigenvalue weighted by Gasteiger charge is 2.44. The van der Waals surface area contributed by atoms with E-state index in [4.69, 9.17) is 20.8 Å². The molecule has 1 aliphatic rings. The summed E-state index contributed by atoms with van der Waals surface area (Å²) in [6.07, 6.45) is 3.10. The molecule has 1 atom stereocenters. The zero-order valence-electron chi connectivity index (χ0n) is 16.8. The number of ether oxygens (including phenoxy) is 1. The van der Waals surface area contributed by atoms with Crippen molar-refractivity contribution >= 4 is 34.3 Å². The van der Waals surface area contributed by atoms with Gasteiger partial charge in [0.1, 0.15) is 23.8 Å². The van der Waals surface area contributed by atoms with Gasteiger partial charge in [0.25, 0.3) is 5.91 Å². The zero-order chi connectivity index (χ0) is 22.2. The van der Waals surface area contributed by atoms with Gasteiger partial charge in [0, 0.05) is 6.20 Å². The van der Waals surface area contributed by atoms with Crippen LogP contribution in [0.1, 0.15) is 27.7 Å². The van der Waals surface area contributed by atoms with Crippen LogP contribution in [0.4, 0.5) is 5.82 Å². The van der Waals surface area contributed by atoms with Crippen molar-refractivity contribution in [3.63, 3.8) is 0 Å². The average molecular weight is 445 g/mol. The Morgan fingerprint density at radius 1 is 1.12 bits per heavy atom. The minimum Gasteiger partial charge on any atom is -0.490 e. The molecule has 5 rings (SSSR count). The number of rotatable bonds is 5. The third kappa shape index (κ3) is 3.25. The number of hydrogen-bond acceptors (Lipinski definition) is 5. The Balaban J connectivity index is 1.75. The third-order valence-electron chi connectivity index (χ3n) is 5.28. The molecule has 0 bridgehead atoms. The quantitative estimate of drug-likeness (QED) is 0.398. The molecule has 0 aliphatic carbocycles. The van der Waals surface area contributed by atoms with E-state index in [1.807, 2.05) is 12.1 Å². The number of fused-ring (bicyclic) bond motifs is 2. The molecule has 1 aliphatic heterocycles. The van der Waals surface area contributed by atoms with Crippen LogP contribution in [-0.2, 0) is 0 Å². The number of aromatic nitrogens is 1. The fraction of sp³-hybridized carbons (Fsp3) is 0.0800. The van der Waals surface area contributed by atoms with E-state index in [0.717, 1.165) is 0 Å². The number of nitrogens with zero attached hydrogens (tertiary/aromatic N) is 2. The van der Waals surface area contributed by atoms with Crippen LogP contribution in [0.25, 0.3) is 11.0 Å². The molecule has 3 heterocycles. The van der Waals surface area contributed by atoms with E-state index >= 15 is 0 Å². The van der Waals surface area contributed by atoms with Crippen LogP contribution >= 0.6 is 11.6 Å². The number of carbonyl (C=O) groups excluding carboxylic acids is 1. The van der Waals surface area contributed by atoms with Crippen LogP contribution in [0.3, 0.4) is 0 Å². The van der Waals surface area contributed by atoms with Gasteiger partial charge in [-0.2, -0.15) is 0 Å². The summed E-state index contributed by atoms with van der Waals surface area (Å²) >= 11 is 6.00. The minimum atomic E-state index is -0.737. The highest BCUT2D eigenvalue weighted by molar-refractivity contribution is 6.30. The van der Waals surface area contributed by atoms with Crippen LogP contribution in [-0.4, -0.2) is 17.5 Å². The van der Waals surface area contributed by atoms with E-state index in [-0.39, 0.29) is 16.8 Å². The largest absolute Gasteiger partial charge is 0.490 e. The second-order valence-electron chi connectivity index (χ2n) is 7.25. The van der Waals surface area contributed by atoms with E-state index in [9.17, 15) is 9.59 Å². The lowest BCUT2D eigenvalue weighted by atomic mass is 9.98. The molecule has 0 radical (unpaired) electrons. The van der Waals surface area contributed by atoms with Crippen molar-refractivity contribution in [1.82, 2.24) is 4.98 Å². The maximum absolute atomic E-state index is 13.5. The van der Waals surface area contributed by atoms with Gasteiger partial charge in [-0.05, 0) is 42.0 Å². The van der Waals surface area contributed by atoms with Gasteiger partial charge in [-0.15, -0.1) is 0 Å². The number of hydrogen-bond donors (Lipinski definition) is 0. The number of benzene rings is 2. The molecule has 1 amide bonds. The van der Waals surface area contributed by atoms with Crippen LogP contribution in [0.5, 0.6) is 5.75 Å². The summed E-state index contributed by atoms with van der Waals surface area (Å²) in [5.74, 6) is 0.516. The average Bonchev–Trinajstić information content (AvgIpc) is 3.11. The van der Waals surface area contributed by atoms with Gasteiger partial charge < -0.3 is 9.15 Å². The van der Waals surface area contributed by atoms with Gasteiger partial charge in [-0.25, -0.2) is 4.98 Å². The zero-order valence-corrected chi connectivity index (χ0v) is 17.6. The van der Waals surface area contributed by atoms with E-state index in [0.29, 0.717) is 39.7 Å². The van der Waals surface area contributed by atoms with Crippen LogP contribution in [0, 0.1) is 0 Å². The van der Waals surface area contributed by atoms with Gasteiger partial charge in [-0.3, -0.25) is 14.5 Å². The summed E-state index contributed by atoms with van der Waals surface area (Å²) in [4.78, 5) is 32.8. The second kappa shape index (κ2) is 7.98.